The third kappa shape index (κ3) is 3.17. The SMILES string of the molecule is COC(=O)N(C)Cc1ccc(C2Nc3cc(F)cc4c3C2CCNC4=O)cc1. The zero-order chi connectivity index (χ0) is 19.8. The molecule has 28 heavy (non-hydrogen) atoms. The van der Waals surface area contributed by atoms with Crippen molar-refractivity contribution in [2.24, 2.45) is 0 Å². The van der Waals surface area contributed by atoms with E-state index in [0.717, 1.165) is 23.1 Å². The Bertz CT molecular complexity index is 929. The fourth-order valence-corrected chi connectivity index (χ4v) is 4.15. The molecule has 0 saturated heterocycles. The lowest BCUT2D eigenvalue weighted by atomic mass is 9.86. The Morgan fingerprint density at radius 2 is 2.04 bits per heavy atom. The van der Waals surface area contributed by atoms with Crippen molar-refractivity contribution in [3.8, 4) is 0 Å². The molecule has 0 aliphatic carbocycles. The van der Waals surface area contributed by atoms with Crippen molar-refractivity contribution in [2.75, 3.05) is 26.0 Å². The highest BCUT2D eigenvalue weighted by Gasteiger charge is 2.38. The van der Waals surface area contributed by atoms with Gasteiger partial charge >= 0.3 is 6.09 Å². The predicted octanol–water partition coefficient (Wildman–Crippen LogP) is 3.41. The Balaban J connectivity index is 1.60. The number of amides is 2. The first-order chi connectivity index (χ1) is 13.5. The van der Waals surface area contributed by atoms with E-state index in [9.17, 15) is 14.0 Å². The molecule has 2 aliphatic heterocycles. The lowest BCUT2D eigenvalue weighted by molar-refractivity contribution is 0.0955. The molecule has 2 atom stereocenters. The van der Waals surface area contributed by atoms with Gasteiger partial charge in [0.2, 0.25) is 0 Å². The van der Waals surface area contributed by atoms with Crippen LogP contribution in [0.5, 0.6) is 0 Å². The number of carbonyl (C=O) groups excluding carboxylic acids is 2. The number of methoxy groups -OCH3 is 1. The molecule has 0 saturated carbocycles. The number of anilines is 1. The van der Waals surface area contributed by atoms with Gasteiger partial charge in [-0.15, -0.1) is 0 Å². The first kappa shape index (κ1) is 18.3. The van der Waals surface area contributed by atoms with Crippen LogP contribution in [-0.2, 0) is 11.3 Å². The summed E-state index contributed by atoms with van der Waals surface area (Å²) in [5.74, 6) is -0.547. The summed E-state index contributed by atoms with van der Waals surface area (Å²) in [6.07, 6.45) is 0.393. The van der Waals surface area contributed by atoms with E-state index < -0.39 is 5.82 Å². The molecule has 0 aromatic heterocycles. The van der Waals surface area contributed by atoms with E-state index in [0.29, 0.717) is 24.3 Å². The van der Waals surface area contributed by atoms with Crippen molar-refractivity contribution in [3.63, 3.8) is 0 Å². The smallest absolute Gasteiger partial charge is 0.409 e. The molecule has 0 bridgehead atoms. The van der Waals surface area contributed by atoms with Gasteiger partial charge in [-0.25, -0.2) is 9.18 Å². The molecule has 6 nitrogen and oxygen atoms in total. The summed E-state index contributed by atoms with van der Waals surface area (Å²) >= 11 is 0. The summed E-state index contributed by atoms with van der Waals surface area (Å²) in [5, 5.41) is 6.26. The van der Waals surface area contributed by atoms with Gasteiger partial charge in [0.15, 0.2) is 0 Å². The van der Waals surface area contributed by atoms with Crippen LogP contribution in [0.25, 0.3) is 0 Å². The van der Waals surface area contributed by atoms with Crippen LogP contribution in [0.3, 0.4) is 0 Å². The number of benzene rings is 2. The van der Waals surface area contributed by atoms with Gasteiger partial charge in [-0.2, -0.15) is 0 Å². The molecule has 2 amide bonds. The standard InChI is InChI=1S/C21H22FN3O3/c1-25(21(27)28-2)11-12-3-5-13(6-4-12)19-15-7-8-23-20(26)16-9-14(22)10-17(24-19)18(15)16/h3-6,9-10,15,19,24H,7-8,11H2,1-2H3,(H,23,26). The third-order valence-electron chi connectivity index (χ3n) is 5.46. The maximum absolute atomic E-state index is 14.0. The summed E-state index contributed by atoms with van der Waals surface area (Å²) in [4.78, 5) is 25.4. The van der Waals surface area contributed by atoms with Crippen molar-refractivity contribution in [2.45, 2.75) is 24.9 Å². The highest BCUT2D eigenvalue weighted by molar-refractivity contribution is 5.98. The largest absolute Gasteiger partial charge is 0.453 e. The first-order valence-electron chi connectivity index (χ1n) is 9.24. The van der Waals surface area contributed by atoms with Gasteiger partial charge in [-0.05, 0) is 35.2 Å². The van der Waals surface area contributed by atoms with Gasteiger partial charge in [0.25, 0.3) is 5.91 Å². The van der Waals surface area contributed by atoms with Gasteiger partial charge in [0.1, 0.15) is 5.82 Å². The minimum atomic E-state index is -0.418. The Morgan fingerprint density at radius 1 is 1.29 bits per heavy atom. The van der Waals surface area contributed by atoms with Crippen molar-refractivity contribution >= 4 is 17.7 Å². The minimum Gasteiger partial charge on any atom is -0.453 e. The zero-order valence-corrected chi connectivity index (χ0v) is 15.8. The number of rotatable bonds is 3. The van der Waals surface area contributed by atoms with Crippen LogP contribution >= 0.6 is 0 Å². The van der Waals surface area contributed by atoms with Crippen molar-refractivity contribution in [1.82, 2.24) is 10.2 Å². The van der Waals surface area contributed by atoms with Crippen LogP contribution in [0.15, 0.2) is 36.4 Å². The number of hydrogen-bond acceptors (Lipinski definition) is 4. The molecule has 2 N–H and O–H groups in total. The van der Waals surface area contributed by atoms with Gasteiger partial charge in [-0.3, -0.25) is 4.79 Å². The van der Waals surface area contributed by atoms with Crippen molar-refractivity contribution in [3.05, 3.63) is 64.5 Å². The van der Waals surface area contributed by atoms with Crippen LogP contribution in [0.4, 0.5) is 14.9 Å². The van der Waals surface area contributed by atoms with Crippen LogP contribution in [0.1, 0.15) is 45.4 Å². The molecule has 4 rings (SSSR count). The fourth-order valence-electron chi connectivity index (χ4n) is 4.15. The Morgan fingerprint density at radius 3 is 2.75 bits per heavy atom. The van der Waals surface area contributed by atoms with E-state index in [1.165, 1.54) is 24.1 Å². The van der Waals surface area contributed by atoms with Crippen molar-refractivity contribution in [1.29, 1.82) is 0 Å². The van der Waals surface area contributed by atoms with E-state index in [-0.39, 0.29) is 24.0 Å². The third-order valence-corrected chi connectivity index (χ3v) is 5.46. The average molecular weight is 383 g/mol. The zero-order valence-electron chi connectivity index (χ0n) is 15.8. The van der Waals surface area contributed by atoms with Crippen molar-refractivity contribution < 1.29 is 18.7 Å². The number of halogens is 1. The van der Waals surface area contributed by atoms with E-state index in [1.54, 1.807) is 7.05 Å². The molecule has 2 aliphatic rings. The van der Waals surface area contributed by atoms with E-state index in [1.807, 2.05) is 24.3 Å². The minimum absolute atomic E-state index is 0.0318. The summed E-state index contributed by atoms with van der Waals surface area (Å²) in [6.45, 7) is 1.00. The monoisotopic (exact) mass is 383 g/mol. The molecule has 2 heterocycles. The molecule has 0 fully saturated rings. The average Bonchev–Trinajstić information content (AvgIpc) is 2.96. The van der Waals surface area contributed by atoms with E-state index >= 15 is 0 Å². The van der Waals surface area contributed by atoms with Crippen LogP contribution in [-0.4, -0.2) is 37.6 Å². The number of carbonyl (C=O) groups is 2. The lowest BCUT2D eigenvalue weighted by Crippen LogP contribution is -2.25. The first-order valence-corrected chi connectivity index (χ1v) is 9.24. The summed E-state index contributed by atoms with van der Waals surface area (Å²) < 4.78 is 18.7. The Kier molecular flexibility index (Phi) is 4.66. The highest BCUT2D eigenvalue weighted by Crippen LogP contribution is 2.48. The molecular formula is C21H22FN3O3. The van der Waals surface area contributed by atoms with Gasteiger partial charge in [0.05, 0.1) is 13.2 Å². The maximum atomic E-state index is 14.0. The molecule has 7 heteroatoms. The number of nitrogens with one attached hydrogen (secondary N) is 2. The Hall–Kier alpha value is -3.09. The molecule has 2 aromatic carbocycles. The van der Waals surface area contributed by atoms with Crippen LogP contribution in [0, 0.1) is 5.82 Å². The van der Waals surface area contributed by atoms with Crippen LogP contribution < -0.4 is 10.6 Å². The highest BCUT2D eigenvalue weighted by atomic mass is 19.1. The van der Waals surface area contributed by atoms with E-state index in [2.05, 4.69) is 10.6 Å². The second-order valence-electron chi connectivity index (χ2n) is 7.26. The van der Waals surface area contributed by atoms with Gasteiger partial charge < -0.3 is 20.3 Å². The summed E-state index contributed by atoms with van der Waals surface area (Å²) in [6, 6.07) is 10.7. The summed E-state index contributed by atoms with van der Waals surface area (Å²) in [5.41, 5.74) is 4.05. The van der Waals surface area contributed by atoms with Gasteiger partial charge in [0, 0.05) is 37.3 Å². The van der Waals surface area contributed by atoms with Crippen LogP contribution in [0.2, 0.25) is 0 Å². The second-order valence-corrected chi connectivity index (χ2v) is 7.26. The fraction of sp³-hybridized carbons (Fsp3) is 0.333. The molecule has 0 radical (unpaired) electrons. The molecule has 2 aromatic rings. The number of hydrogen-bond donors (Lipinski definition) is 2. The molecule has 2 unspecified atom stereocenters. The Labute approximate surface area is 162 Å². The number of ether oxygens (including phenoxy) is 1. The number of nitrogens with zero attached hydrogens (tertiary/aromatic N) is 1. The molecule has 146 valence electrons. The maximum Gasteiger partial charge on any atom is 0.409 e. The predicted molar refractivity (Wildman–Crippen MR) is 103 cm³/mol. The quantitative estimate of drug-likeness (QED) is 0.852. The molecule has 0 spiro atoms. The topological polar surface area (TPSA) is 70.7 Å². The lowest BCUT2D eigenvalue weighted by Gasteiger charge is -2.21. The summed E-state index contributed by atoms with van der Waals surface area (Å²) in [7, 11) is 3.04. The molecular weight excluding hydrogens is 361 g/mol. The van der Waals surface area contributed by atoms with Gasteiger partial charge in [-0.1, -0.05) is 24.3 Å². The normalized spacial score (nSPS) is 19.9. The second kappa shape index (κ2) is 7.14. The van der Waals surface area contributed by atoms with E-state index in [4.69, 9.17) is 4.74 Å².